The molecule has 0 aliphatic rings. The van der Waals surface area contributed by atoms with Crippen molar-refractivity contribution in [3.63, 3.8) is 0 Å². The number of unbranched alkanes of at least 4 members (excludes halogenated alkanes) is 2. The lowest BCUT2D eigenvalue weighted by Gasteiger charge is -2.11. The Labute approximate surface area is 134 Å². The predicted octanol–water partition coefficient (Wildman–Crippen LogP) is 2.55. The van der Waals surface area contributed by atoms with E-state index in [0.717, 1.165) is 0 Å². The molecule has 1 N–H and O–H groups in total. The van der Waals surface area contributed by atoms with E-state index in [2.05, 4.69) is 4.84 Å². The zero-order valence-corrected chi connectivity index (χ0v) is 13.6. The van der Waals surface area contributed by atoms with Gasteiger partial charge in [-0.1, -0.05) is 41.2 Å². The van der Waals surface area contributed by atoms with Crippen molar-refractivity contribution in [2.24, 2.45) is 0 Å². The summed E-state index contributed by atoms with van der Waals surface area (Å²) in [7, 11) is -4.15. The van der Waals surface area contributed by atoms with Gasteiger partial charge in [0.05, 0.1) is 12.4 Å². The van der Waals surface area contributed by atoms with Crippen LogP contribution in [0.2, 0.25) is 0 Å². The average molecular weight is 395 g/mol. The molecule has 0 saturated heterocycles. The molecule has 0 saturated carbocycles. The highest BCUT2D eigenvalue weighted by Crippen LogP contribution is 2.25. The summed E-state index contributed by atoms with van der Waals surface area (Å²) in [6.45, 7) is 0.00576. The third kappa shape index (κ3) is 12.3. The summed E-state index contributed by atoms with van der Waals surface area (Å²) in [6, 6.07) is 0. The molecule has 0 unspecified atom stereocenters. The Bertz CT molecular complexity index is 436. The normalized spacial score (nSPS) is 13.2. The highest BCUT2D eigenvalue weighted by atomic mass is 35.6. The molecule has 0 aliphatic heterocycles. The Kier molecular flexibility index (Phi) is 8.63. The number of carbonyl (C=O) groups excluding carboxylic acids is 1. The number of alkyl halides is 6. The molecular formula is C9H13Cl3F3NO4S. The molecule has 0 rings (SSSR count). The van der Waals surface area contributed by atoms with Crippen LogP contribution in [0.15, 0.2) is 0 Å². The van der Waals surface area contributed by atoms with Crippen LogP contribution in [0.25, 0.3) is 0 Å². The van der Waals surface area contributed by atoms with Crippen molar-refractivity contribution in [2.75, 3.05) is 18.1 Å². The number of halogens is 6. The highest BCUT2D eigenvalue weighted by molar-refractivity contribution is 7.91. The van der Waals surface area contributed by atoms with E-state index in [0.29, 0.717) is 12.8 Å². The first-order valence-electron chi connectivity index (χ1n) is 5.60. The SMILES string of the molecule is O=C(NOCCCCCS(=O)(=O)CC(F)(F)F)C(Cl)(Cl)Cl. The summed E-state index contributed by atoms with van der Waals surface area (Å²) in [5.74, 6) is -3.37. The average Bonchev–Trinajstić information content (AvgIpc) is 2.22. The molecule has 5 nitrogen and oxygen atoms in total. The first kappa shape index (κ1) is 21.0. The zero-order valence-electron chi connectivity index (χ0n) is 10.6. The van der Waals surface area contributed by atoms with Crippen LogP contribution in [-0.2, 0) is 19.5 Å². The van der Waals surface area contributed by atoms with Crippen LogP contribution < -0.4 is 5.48 Å². The Morgan fingerprint density at radius 3 is 2.14 bits per heavy atom. The number of sulfone groups is 1. The van der Waals surface area contributed by atoms with E-state index in [-0.39, 0.29) is 13.0 Å². The third-order valence-electron chi connectivity index (χ3n) is 2.01. The van der Waals surface area contributed by atoms with Crippen molar-refractivity contribution in [2.45, 2.75) is 29.2 Å². The van der Waals surface area contributed by atoms with Crippen molar-refractivity contribution >= 4 is 50.5 Å². The van der Waals surface area contributed by atoms with Crippen LogP contribution in [0.1, 0.15) is 19.3 Å². The maximum Gasteiger partial charge on any atom is 0.402 e. The predicted molar refractivity (Wildman–Crippen MR) is 72.9 cm³/mol. The first-order valence-corrected chi connectivity index (χ1v) is 8.55. The summed E-state index contributed by atoms with van der Waals surface area (Å²) in [6.07, 6.45) is -4.05. The molecule has 0 fully saturated rings. The second-order valence-electron chi connectivity index (χ2n) is 4.05. The van der Waals surface area contributed by atoms with Gasteiger partial charge in [-0.25, -0.2) is 13.9 Å². The van der Waals surface area contributed by atoms with Crippen LogP contribution in [0.5, 0.6) is 0 Å². The van der Waals surface area contributed by atoms with Crippen LogP contribution in [0.3, 0.4) is 0 Å². The fraction of sp³-hybridized carbons (Fsp3) is 0.889. The van der Waals surface area contributed by atoms with Gasteiger partial charge >= 0.3 is 6.18 Å². The lowest BCUT2D eigenvalue weighted by Crippen LogP contribution is -2.34. The van der Waals surface area contributed by atoms with E-state index in [1.54, 1.807) is 0 Å². The second-order valence-corrected chi connectivity index (χ2v) is 8.51. The molecule has 0 aromatic carbocycles. The summed E-state index contributed by atoms with van der Waals surface area (Å²) < 4.78 is 55.8. The van der Waals surface area contributed by atoms with E-state index < -0.39 is 37.2 Å². The van der Waals surface area contributed by atoms with E-state index in [4.69, 9.17) is 34.8 Å². The molecule has 1 amide bonds. The van der Waals surface area contributed by atoms with Crippen molar-refractivity contribution in [3.05, 3.63) is 0 Å². The van der Waals surface area contributed by atoms with Crippen molar-refractivity contribution in [1.29, 1.82) is 0 Å². The molecule has 21 heavy (non-hydrogen) atoms. The summed E-state index contributed by atoms with van der Waals surface area (Å²) in [4.78, 5) is 15.7. The molecule has 0 aromatic heterocycles. The molecule has 0 heterocycles. The summed E-state index contributed by atoms with van der Waals surface area (Å²) >= 11 is 15.7. The third-order valence-corrected chi connectivity index (χ3v) is 4.20. The fourth-order valence-corrected chi connectivity index (χ4v) is 2.57. The molecule has 126 valence electrons. The van der Waals surface area contributed by atoms with Gasteiger partial charge in [0.25, 0.3) is 9.70 Å². The molecule has 0 radical (unpaired) electrons. The zero-order chi connectivity index (χ0) is 16.7. The molecule has 0 spiro atoms. The number of hydroxylamine groups is 1. The molecule has 0 atom stereocenters. The Balaban J connectivity index is 3.73. The highest BCUT2D eigenvalue weighted by Gasteiger charge is 2.34. The fourth-order valence-electron chi connectivity index (χ4n) is 1.17. The monoisotopic (exact) mass is 393 g/mol. The van der Waals surface area contributed by atoms with Gasteiger partial charge < -0.3 is 0 Å². The second kappa shape index (κ2) is 8.61. The van der Waals surface area contributed by atoms with Gasteiger partial charge in [-0.3, -0.25) is 9.63 Å². The van der Waals surface area contributed by atoms with Gasteiger partial charge in [-0.15, -0.1) is 0 Å². The van der Waals surface area contributed by atoms with Gasteiger partial charge in [0.15, 0.2) is 9.84 Å². The lowest BCUT2D eigenvalue weighted by molar-refractivity contribution is -0.132. The minimum atomic E-state index is -4.73. The minimum absolute atomic E-state index is 0.00576. The molecular weight excluding hydrogens is 382 g/mol. The molecule has 0 bridgehead atoms. The van der Waals surface area contributed by atoms with E-state index in [1.165, 1.54) is 0 Å². The number of amides is 1. The first-order chi connectivity index (χ1) is 9.33. The standard InChI is InChI=1S/C9H13Cl3F3NO4S/c10-9(11,12)7(17)16-20-4-2-1-3-5-21(18,19)6-8(13,14)15/h1-6H2,(H,16,17). The van der Waals surface area contributed by atoms with Crippen molar-refractivity contribution in [1.82, 2.24) is 5.48 Å². The largest absolute Gasteiger partial charge is 0.402 e. The van der Waals surface area contributed by atoms with Gasteiger partial charge in [-0.05, 0) is 12.8 Å². The van der Waals surface area contributed by atoms with Crippen LogP contribution in [0, 0.1) is 0 Å². The smallest absolute Gasteiger partial charge is 0.274 e. The molecule has 0 aliphatic carbocycles. The number of rotatable bonds is 8. The minimum Gasteiger partial charge on any atom is -0.274 e. The number of nitrogens with one attached hydrogen (secondary N) is 1. The van der Waals surface area contributed by atoms with Crippen LogP contribution >= 0.6 is 34.8 Å². The summed E-state index contributed by atoms with van der Waals surface area (Å²) in [5, 5.41) is 0. The van der Waals surface area contributed by atoms with Gasteiger partial charge in [0.1, 0.15) is 5.75 Å². The van der Waals surface area contributed by atoms with Gasteiger partial charge in [0.2, 0.25) is 0 Å². The van der Waals surface area contributed by atoms with Crippen LogP contribution in [0.4, 0.5) is 13.2 Å². The van der Waals surface area contributed by atoms with E-state index in [1.807, 2.05) is 5.48 Å². The lowest BCUT2D eigenvalue weighted by atomic mass is 10.3. The molecule has 0 aromatic rings. The molecule has 12 heteroatoms. The number of hydrogen-bond donors (Lipinski definition) is 1. The maximum absolute atomic E-state index is 11.9. The van der Waals surface area contributed by atoms with E-state index >= 15 is 0 Å². The van der Waals surface area contributed by atoms with E-state index in [9.17, 15) is 26.4 Å². The number of hydrogen-bond acceptors (Lipinski definition) is 4. The Morgan fingerprint density at radius 1 is 1.10 bits per heavy atom. The summed E-state index contributed by atoms with van der Waals surface area (Å²) in [5.41, 5.74) is 1.86. The van der Waals surface area contributed by atoms with Gasteiger partial charge in [-0.2, -0.15) is 13.2 Å². The van der Waals surface area contributed by atoms with Crippen LogP contribution in [-0.4, -0.2) is 42.4 Å². The van der Waals surface area contributed by atoms with Gasteiger partial charge in [0, 0.05) is 0 Å². The van der Waals surface area contributed by atoms with Crippen molar-refractivity contribution < 1.29 is 31.2 Å². The van der Waals surface area contributed by atoms with Crippen molar-refractivity contribution in [3.8, 4) is 0 Å². The maximum atomic E-state index is 11.9. The Morgan fingerprint density at radius 2 is 1.67 bits per heavy atom. The number of carbonyl (C=O) groups is 1. The Hall–Kier alpha value is 0.0400. The quantitative estimate of drug-likeness (QED) is 0.390. The topological polar surface area (TPSA) is 72.5 Å².